The van der Waals surface area contributed by atoms with Gasteiger partial charge in [-0.2, -0.15) is 0 Å². The number of rotatable bonds is 2. The summed E-state index contributed by atoms with van der Waals surface area (Å²) in [4.78, 5) is 22.2. The Morgan fingerprint density at radius 1 is 1.09 bits per heavy atom. The molecule has 2 aromatic rings. The first-order chi connectivity index (χ1) is 10.5. The zero-order valence-corrected chi connectivity index (χ0v) is 11.0. The van der Waals surface area contributed by atoms with Crippen LogP contribution in [0.2, 0.25) is 0 Å². The summed E-state index contributed by atoms with van der Waals surface area (Å²) in [5.41, 5.74) is 0.612. The molecule has 0 radical (unpaired) electrons. The lowest BCUT2D eigenvalue weighted by atomic mass is 10.1. The predicted molar refractivity (Wildman–Crippen MR) is 75.8 cm³/mol. The number of nitro benzene ring substituents is 1. The number of carbonyl (C=O) groups is 1. The molecule has 0 bridgehead atoms. The van der Waals surface area contributed by atoms with E-state index in [1.165, 1.54) is 42.5 Å². The fourth-order valence-electron chi connectivity index (χ4n) is 2.07. The quantitative estimate of drug-likeness (QED) is 0.382. The molecule has 0 aliphatic carbocycles. The van der Waals surface area contributed by atoms with Gasteiger partial charge in [-0.3, -0.25) is 14.9 Å². The number of ether oxygens (including phenoxy) is 1. The average molecular weight is 299 g/mol. The first-order valence-electron chi connectivity index (χ1n) is 6.21. The molecule has 1 heterocycles. The van der Waals surface area contributed by atoms with Crippen LogP contribution in [0.4, 0.5) is 5.69 Å². The Kier molecular flexibility index (Phi) is 3.03. The first kappa shape index (κ1) is 13.6. The fraction of sp³-hybridized carbons (Fsp3) is 0. The van der Waals surface area contributed by atoms with E-state index in [1.54, 1.807) is 0 Å². The van der Waals surface area contributed by atoms with Crippen LogP contribution in [-0.4, -0.2) is 20.9 Å². The van der Waals surface area contributed by atoms with Gasteiger partial charge in [0, 0.05) is 12.1 Å². The number of Topliss-reactive ketones (excluding diaryl/α,β-unsaturated/α-hetero) is 1. The summed E-state index contributed by atoms with van der Waals surface area (Å²) < 4.78 is 5.28. The Morgan fingerprint density at radius 2 is 1.77 bits per heavy atom. The number of ketones is 1. The summed E-state index contributed by atoms with van der Waals surface area (Å²) in [6.45, 7) is 0. The van der Waals surface area contributed by atoms with Crippen LogP contribution in [0.15, 0.2) is 42.2 Å². The monoisotopic (exact) mass is 299 g/mol. The van der Waals surface area contributed by atoms with Gasteiger partial charge in [-0.25, -0.2) is 0 Å². The minimum atomic E-state index is -0.523. The molecule has 7 nitrogen and oxygen atoms in total. The lowest BCUT2D eigenvalue weighted by molar-refractivity contribution is -0.384. The van der Waals surface area contributed by atoms with E-state index >= 15 is 0 Å². The maximum absolute atomic E-state index is 12.1. The Morgan fingerprint density at radius 3 is 2.41 bits per heavy atom. The molecule has 0 spiro atoms. The lowest BCUT2D eigenvalue weighted by Crippen LogP contribution is -1.98. The summed E-state index contributed by atoms with van der Waals surface area (Å²) >= 11 is 0. The smallest absolute Gasteiger partial charge is 0.269 e. The molecular weight excluding hydrogens is 290 g/mol. The van der Waals surface area contributed by atoms with Gasteiger partial charge in [-0.05, 0) is 35.9 Å². The molecule has 110 valence electrons. The topological polar surface area (TPSA) is 110 Å². The average Bonchev–Trinajstić information content (AvgIpc) is 2.81. The van der Waals surface area contributed by atoms with Gasteiger partial charge in [0.1, 0.15) is 0 Å². The van der Waals surface area contributed by atoms with Crippen LogP contribution >= 0.6 is 0 Å². The second-order valence-electron chi connectivity index (χ2n) is 4.60. The van der Waals surface area contributed by atoms with E-state index in [4.69, 9.17) is 4.74 Å². The van der Waals surface area contributed by atoms with Crippen molar-refractivity contribution < 1.29 is 24.7 Å². The van der Waals surface area contributed by atoms with Crippen LogP contribution < -0.4 is 4.74 Å². The van der Waals surface area contributed by atoms with E-state index in [1.807, 2.05) is 0 Å². The molecule has 2 N–H and O–H groups in total. The standard InChI is InChI=1S/C15H9NO6/c17-11-6-5-10-13(18)12(22-15(10)14(11)19)7-8-1-3-9(4-2-8)16(20)21/h1-7,17,19H/b12-7+. The van der Waals surface area contributed by atoms with Crippen molar-refractivity contribution in [3.8, 4) is 17.2 Å². The highest BCUT2D eigenvalue weighted by molar-refractivity contribution is 6.15. The molecule has 22 heavy (non-hydrogen) atoms. The number of allylic oxidation sites excluding steroid dienone is 1. The number of carbonyl (C=O) groups excluding carboxylic acids is 1. The number of hydrogen-bond donors (Lipinski definition) is 2. The molecule has 1 aliphatic heterocycles. The molecule has 1 aliphatic rings. The van der Waals surface area contributed by atoms with E-state index in [0.717, 1.165) is 0 Å². The van der Waals surface area contributed by atoms with Crippen molar-refractivity contribution in [1.82, 2.24) is 0 Å². The molecule has 7 heteroatoms. The van der Waals surface area contributed by atoms with Crippen molar-refractivity contribution in [3.05, 3.63) is 63.4 Å². The van der Waals surface area contributed by atoms with Gasteiger partial charge in [0.15, 0.2) is 17.3 Å². The minimum Gasteiger partial charge on any atom is -0.504 e. The molecular formula is C15H9NO6. The first-order valence-corrected chi connectivity index (χ1v) is 6.21. The highest BCUT2D eigenvalue weighted by atomic mass is 16.6. The van der Waals surface area contributed by atoms with Gasteiger partial charge in [0.05, 0.1) is 10.5 Å². The molecule has 0 atom stereocenters. The number of phenolic OH excluding ortho intramolecular Hbond substituents is 2. The van der Waals surface area contributed by atoms with Crippen LogP contribution in [0.25, 0.3) is 6.08 Å². The summed E-state index contributed by atoms with van der Waals surface area (Å²) in [5, 5.41) is 29.7. The summed E-state index contributed by atoms with van der Waals surface area (Å²) in [6.07, 6.45) is 1.41. The molecule has 3 rings (SSSR count). The number of fused-ring (bicyclic) bond motifs is 1. The fourth-order valence-corrected chi connectivity index (χ4v) is 2.07. The summed E-state index contributed by atoms with van der Waals surface area (Å²) in [5.74, 6) is -1.47. The largest absolute Gasteiger partial charge is 0.504 e. The molecule has 0 amide bonds. The highest BCUT2D eigenvalue weighted by Gasteiger charge is 2.31. The number of benzene rings is 2. The van der Waals surface area contributed by atoms with E-state index in [-0.39, 0.29) is 28.5 Å². The van der Waals surface area contributed by atoms with Gasteiger partial charge in [-0.1, -0.05) is 0 Å². The molecule has 0 saturated heterocycles. The summed E-state index contributed by atoms with van der Waals surface area (Å²) in [6, 6.07) is 8.11. The summed E-state index contributed by atoms with van der Waals surface area (Å²) in [7, 11) is 0. The van der Waals surface area contributed by atoms with Crippen LogP contribution in [0, 0.1) is 10.1 Å². The second kappa shape index (κ2) is 4.88. The zero-order chi connectivity index (χ0) is 15.9. The second-order valence-corrected chi connectivity index (χ2v) is 4.60. The maximum Gasteiger partial charge on any atom is 0.269 e. The van der Waals surface area contributed by atoms with Crippen LogP contribution in [-0.2, 0) is 0 Å². The van der Waals surface area contributed by atoms with E-state index in [2.05, 4.69) is 0 Å². The van der Waals surface area contributed by atoms with Gasteiger partial charge in [-0.15, -0.1) is 0 Å². The van der Waals surface area contributed by atoms with Crippen molar-refractivity contribution >= 4 is 17.5 Å². The SMILES string of the molecule is O=C1/C(=C\c2ccc([N+](=O)[O-])cc2)Oc2c1ccc(O)c2O. The van der Waals surface area contributed by atoms with Crippen LogP contribution in [0.3, 0.4) is 0 Å². The van der Waals surface area contributed by atoms with Crippen molar-refractivity contribution in [3.63, 3.8) is 0 Å². The number of phenols is 2. The zero-order valence-electron chi connectivity index (χ0n) is 11.0. The third-order valence-electron chi connectivity index (χ3n) is 3.19. The van der Waals surface area contributed by atoms with Crippen LogP contribution in [0.5, 0.6) is 17.2 Å². The van der Waals surface area contributed by atoms with Crippen molar-refractivity contribution in [2.45, 2.75) is 0 Å². The van der Waals surface area contributed by atoms with Gasteiger partial charge < -0.3 is 14.9 Å². The molecule has 0 unspecified atom stereocenters. The maximum atomic E-state index is 12.1. The van der Waals surface area contributed by atoms with E-state index in [0.29, 0.717) is 5.56 Å². The van der Waals surface area contributed by atoms with E-state index in [9.17, 15) is 25.1 Å². The number of hydrogen-bond acceptors (Lipinski definition) is 6. The lowest BCUT2D eigenvalue weighted by Gasteiger charge is -2.02. The number of aromatic hydroxyl groups is 2. The van der Waals surface area contributed by atoms with Crippen molar-refractivity contribution in [2.24, 2.45) is 0 Å². The Bertz CT molecular complexity index is 823. The molecule has 2 aromatic carbocycles. The number of nitro groups is 1. The van der Waals surface area contributed by atoms with Crippen molar-refractivity contribution in [1.29, 1.82) is 0 Å². The third-order valence-corrected chi connectivity index (χ3v) is 3.19. The van der Waals surface area contributed by atoms with Gasteiger partial charge in [0.25, 0.3) is 5.69 Å². The predicted octanol–water partition coefficient (Wildman–Crippen LogP) is 2.62. The van der Waals surface area contributed by atoms with Gasteiger partial charge in [0.2, 0.25) is 11.5 Å². The number of nitrogens with zero attached hydrogens (tertiary/aromatic N) is 1. The van der Waals surface area contributed by atoms with Crippen LogP contribution in [0.1, 0.15) is 15.9 Å². The minimum absolute atomic E-state index is 0.0373. The third kappa shape index (κ3) is 2.14. The molecule has 0 saturated carbocycles. The normalized spacial score (nSPS) is 14.7. The van der Waals surface area contributed by atoms with Gasteiger partial charge >= 0.3 is 0 Å². The number of non-ortho nitro benzene ring substituents is 1. The Balaban J connectivity index is 1.95. The molecule has 0 aromatic heterocycles. The Hall–Kier alpha value is -3.35. The molecule has 0 fully saturated rings. The Labute approximate surface area is 123 Å². The van der Waals surface area contributed by atoms with Crippen molar-refractivity contribution in [2.75, 3.05) is 0 Å². The van der Waals surface area contributed by atoms with E-state index < -0.39 is 16.5 Å². The highest BCUT2D eigenvalue weighted by Crippen LogP contribution is 2.44.